The van der Waals surface area contributed by atoms with Crippen LogP contribution in [0.15, 0.2) is 30.3 Å². The van der Waals surface area contributed by atoms with E-state index in [4.69, 9.17) is 0 Å². The Morgan fingerprint density at radius 3 is 2.50 bits per heavy atom. The average Bonchev–Trinajstić information content (AvgIpc) is 2.54. The third-order valence-corrected chi connectivity index (χ3v) is 4.70. The number of hydrogen-bond donors (Lipinski definition) is 2. The molecule has 1 aromatic rings. The second-order valence-corrected chi connectivity index (χ2v) is 6.29. The maximum absolute atomic E-state index is 12.1. The molecule has 0 spiro atoms. The first-order chi connectivity index (χ1) is 10.2. The van der Waals surface area contributed by atoms with Crippen molar-refractivity contribution < 1.29 is 4.79 Å². The summed E-state index contributed by atoms with van der Waals surface area (Å²) in [6.45, 7) is 6.48. The van der Waals surface area contributed by atoms with E-state index in [1.165, 1.54) is 18.4 Å². The highest BCUT2D eigenvalue weighted by Gasteiger charge is 2.18. The van der Waals surface area contributed by atoms with Crippen LogP contribution in [-0.4, -0.2) is 25.0 Å². The molecule has 1 amide bonds. The quantitative estimate of drug-likeness (QED) is 0.841. The summed E-state index contributed by atoms with van der Waals surface area (Å²) in [7, 11) is 0. The van der Waals surface area contributed by atoms with Gasteiger partial charge in [0.05, 0.1) is 0 Å². The zero-order valence-electron chi connectivity index (χ0n) is 13.7. The van der Waals surface area contributed by atoms with Gasteiger partial charge in [0.1, 0.15) is 0 Å². The van der Waals surface area contributed by atoms with Crippen molar-refractivity contribution in [3.05, 3.63) is 35.9 Å². The summed E-state index contributed by atoms with van der Waals surface area (Å²) in [5.74, 6) is 1.26. The molecule has 1 fully saturated rings. The molecule has 0 bridgehead atoms. The zero-order chi connectivity index (χ0) is 15.1. The minimum atomic E-state index is 0. The Hall–Kier alpha value is -1.06. The predicted octanol–water partition coefficient (Wildman–Crippen LogP) is 3.50. The maximum atomic E-state index is 12.1. The summed E-state index contributed by atoms with van der Waals surface area (Å²) in [5.41, 5.74) is 1.28. The highest BCUT2D eigenvalue weighted by Crippen LogP contribution is 2.20. The summed E-state index contributed by atoms with van der Waals surface area (Å²) in [5, 5.41) is 6.53. The monoisotopic (exact) mass is 324 g/mol. The molecule has 0 radical (unpaired) electrons. The smallest absolute Gasteiger partial charge is 0.220 e. The lowest BCUT2D eigenvalue weighted by molar-refractivity contribution is -0.122. The molecule has 124 valence electrons. The first-order valence-electron chi connectivity index (χ1n) is 8.22. The van der Waals surface area contributed by atoms with E-state index in [1.807, 2.05) is 6.07 Å². The van der Waals surface area contributed by atoms with Crippen molar-refractivity contribution in [2.75, 3.05) is 13.1 Å². The minimum absolute atomic E-state index is 0. The van der Waals surface area contributed by atoms with Gasteiger partial charge >= 0.3 is 0 Å². The number of carbonyl (C=O) groups excluding carboxylic acids is 1. The molecule has 1 heterocycles. The van der Waals surface area contributed by atoms with Gasteiger partial charge in [-0.1, -0.05) is 37.3 Å². The van der Waals surface area contributed by atoms with Crippen molar-refractivity contribution in [1.29, 1.82) is 0 Å². The molecular formula is C18H29ClN2O. The van der Waals surface area contributed by atoms with Gasteiger partial charge in [-0.25, -0.2) is 0 Å². The number of benzene rings is 1. The van der Waals surface area contributed by atoms with Gasteiger partial charge in [-0.15, -0.1) is 12.4 Å². The number of piperidine rings is 1. The Morgan fingerprint density at radius 1 is 1.23 bits per heavy atom. The Balaban J connectivity index is 0.00000242. The van der Waals surface area contributed by atoms with Crippen LogP contribution in [0.4, 0.5) is 0 Å². The van der Waals surface area contributed by atoms with Gasteiger partial charge in [-0.05, 0) is 50.8 Å². The molecular weight excluding hydrogens is 296 g/mol. The van der Waals surface area contributed by atoms with Gasteiger partial charge in [-0.3, -0.25) is 4.79 Å². The van der Waals surface area contributed by atoms with Crippen molar-refractivity contribution in [1.82, 2.24) is 10.6 Å². The first kappa shape index (κ1) is 19.0. The van der Waals surface area contributed by atoms with E-state index in [0.29, 0.717) is 12.3 Å². The molecule has 1 aliphatic heterocycles. The standard InChI is InChI=1S/C18H28N2O.ClH/c1-14(17-6-4-3-5-7-17)15(2)20-18(21)9-8-16-10-12-19-13-11-16;/h3-7,14-16,19H,8-13H2,1-2H3,(H,20,21);1H. The fraction of sp³-hybridized carbons (Fsp3) is 0.611. The van der Waals surface area contributed by atoms with Gasteiger partial charge in [-0.2, -0.15) is 0 Å². The van der Waals surface area contributed by atoms with Crippen LogP contribution >= 0.6 is 12.4 Å². The first-order valence-corrected chi connectivity index (χ1v) is 8.22. The van der Waals surface area contributed by atoms with Crippen LogP contribution in [-0.2, 0) is 4.79 Å². The van der Waals surface area contributed by atoms with Crippen LogP contribution in [0.2, 0.25) is 0 Å². The van der Waals surface area contributed by atoms with Crippen molar-refractivity contribution in [2.45, 2.75) is 51.5 Å². The van der Waals surface area contributed by atoms with E-state index >= 15 is 0 Å². The molecule has 1 aromatic carbocycles. The highest BCUT2D eigenvalue weighted by molar-refractivity contribution is 5.85. The summed E-state index contributed by atoms with van der Waals surface area (Å²) in [6, 6.07) is 10.6. The van der Waals surface area contributed by atoms with E-state index in [1.54, 1.807) is 0 Å². The molecule has 2 rings (SSSR count). The molecule has 0 aliphatic carbocycles. The second-order valence-electron chi connectivity index (χ2n) is 6.29. The van der Waals surface area contributed by atoms with Crippen LogP contribution < -0.4 is 10.6 Å². The van der Waals surface area contributed by atoms with E-state index in [-0.39, 0.29) is 24.4 Å². The SMILES string of the molecule is CC(NC(=O)CCC1CCNCC1)C(C)c1ccccc1.Cl. The molecule has 4 heteroatoms. The fourth-order valence-electron chi connectivity index (χ4n) is 3.00. The lowest BCUT2D eigenvalue weighted by Crippen LogP contribution is -2.36. The lowest BCUT2D eigenvalue weighted by atomic mass is 9.92. The van der Waals surface area contributed by atoms with Crippen LogP contribution in [0, 0.1) is 5.92 Å². The van der Waals surface area contributed by atoms with Crippen LogP contribution in [0.1, 0.15) is 51.0 Å². The van der Waals surface area contributed by atoms with E-state index in [9.17, 15) is 4.79 Å². The van der Waals surface area contributed by atoms with Gasteiger partial charge in [0, 0.05) is 18.4 Å². The van der Waals surface area contributed by atoms with Crippen LogP contribution in [0.25, 0.3) is 0 Å². The summed E-state index contributed by atoms with van der Waals surface area (Å²) in [4.78, 5) is 12.1. The van der Waals surface area contributed by atoms with Crippen LogP contribution in [0.5, 0.6) is 0 Å². The van der Waals surface area contributed by atoms with E-state index < -0.39 is 0 Å². The molecule has 0 saturated carbocycles. The number of amides is 1. The molecule has 1 saturated heterocycles. The number of nitrogens with one attached hydrogen (secondary N) is 2. The van der Waals surface area contributed by atoms with Crippen molar-refractivity contribution in [2.24, 2.45) is 5.92 Å². The summed E-state index contributed by atoms with van der Waals surface area (Å²) in [6.07, 6.45) is 4.11. The number of carbonyl (C=O) groups is 1. The largest absolute Gasteiger partial charge is 0.353 e. The zero-order valence-corrected chi connectivity index (χ0v) is 14.5. The molecule has 22 heavy (non-hydrogen) atoms. The van der Waals surface area contributed by atoms with Crippen molar-refractivity contribution in [3.63, 3.8) is 0 Å². The Kier molecular flexibility index (Phi) is 8.51. The Bertz CT molecular complexity index is 432. The second kappa shape index (κ2) is 9.86. The third-order valence-electron chi connectivity index (χ3n) is 4.70. The molecule has 1 aliphatic rings. The summed E-state index contributed by atoms with van der Waals surface area (Å²) < 4.78 is 0. The van der Waals surface area contributed by atoms with Crippen molar-refractivity contribution >= 4 is 18.3 Å². The Morgan fingerprint density at radius 2 is 1.86 bits per heavy atom. The Labute approximate surface area is 140 Å². The highest BCUT2D eigenvalue weighted by atomic mass is 35.5. The van der Waals surface area contributed by atoms with E-state index in [0.717, 1.165) is 25.4 Å². The van der Waals surface area contributed by atoms with Gasteiger partial charge in [0.25, 0.3) is 0 Å². The van der Waals surface area contributed by atoms with Gasteiger partial charge < -0.3 is 10.6 Å². The summed E-state index contributed by atoms with van der Waals surface area (Å²) >= 11 is 0. The maximum Gasteiger partial charge on any atom is 0.220 e. The number of hydrogen-bond acceptors (Lipinski definition) is 2. The topological polar surface area (TPSA) is 41.1 Å². The molecule has 2 N–H and O–H groups in total. The van der Waals surface area contributed by atoms with E-state index in [2.05, 4.69) is 48.7 Å². The molecule has 2 unspecified atom stereocenters. The minimum Gasteiger partial charge on any atom is -0.353 e. The lowest BCUT2D eigenvalue weighted by Gasteiger charge is -2.24. The number of halogens is 1. The average molecular weight is 325 g/mol. The van der Waals surface area contributed by atoms with Gasteiger partial charge in [0.2, 0.25) is 5.91 Å². The molecule has 3 nitrogen and oxygen atoms in total. The molecule has 2 atom stereocenters. The number of rotatable bonds is 6. The predicted molar refractivity (Wildman–Crippen MR) is 94.5 cm³/mol. The van der Waals surface area contributed by atoms with Gasteiger partial charge in [0.15, 0.2) is 0 Å². The fourth-order valence-corrected chi connectivity index (χ4v) is 3.00. The third kappa shape index (κ3) is 5.98. The molecule has 0 aromatic heterocycles. The normalized spacial score (nSPS) is 18.1. The van der Waals surface area contributed by atoms with Crippen molar-refractivity contribution in [3.8, 4) is 0 Å². The van der Waals surface area contributed by atoms with Crippen LogP contribution in [0.3, 0.4) is 0 Å².